The number of nitrogens with zero attached hydrogens (tertiary/aromatic N) is 2. The van der Waals surface area contributed by atoms with Gasteiger partial charge in [-0.15, -0.1) is 0 Å². The third kappa shape index (κ3) is 4.62. The summed E-state index contributed by atoms with van der Waals surface area (Å²) in [5.74, 6) is -0.132. The first-order valence-corrected chi connectivity index (χ1v) is 10.9. The number of benzene rings is 2. The molecule has 0 unspecified atom stereocenters. The number of hydrogen-bond donors (Lipinski definition) is 1. The van der Waals surface area contributed by atoms with Crippen LogP contribution in [0, 0.1) is 0 Å². The Morgan fingerprint density at radius 3 is 2.29 bits per heavy atom. The fraction of sp³-hybridized carbons (Fsp3) is 0.350. The highest BCUT2D eigenvalue weighted by Crippen LogP contribution is 2.41. The third-order valence-electron chi connectivity index (χ3n) is 4.75. The Hall–Kier alpha value is -3.18. The number of rotatable bonds is 9. The van der Waals surface area contributed by atoms with E-state index in [0.29, 0.717) is 25.3 Å². The third-order valence-corrected chi connectivity index (χ3v) is 6.01. The highest BCUT2D eigenvalue weighted by Gasteiger charge is 2.29. The molecule has 168 valence electrons. The summed E-state index contributed by atoms with van der Waals surface area (Å²) in [6.45, 7) is 3.85. The average Bonchev–Trinajstić information content (AvgIpc) is 3.13. The molecule has 11 heteroatoms. The van der Waals surface area contributed by atoms with Gasteiger partial charge in [-0.3, -0.25) is 4.90 Å². The van der Waals surface area contributed by atoms with E-state index >= 15 is 0 Å². The van der Waals surface area contributed by atoms with Gasteiger partial charge in [0.25, 0.3) is 0 Å². The summed E-state index contributed by atoms with van der Waals surface area (Å²) in [6.07, 6.45) is 0.868. The zero-order valence-corrected chi connectivity index (χ0v) is 18.2. The highest BCUT2D eigenvalue weighted by atomic mass is 32.2. The van der Waals surface area contributed by atoms with Gasteiger partial charge in [0.1, 0.15) is 4.90 Å². The van der Waals surface area contributed by atoms with Gasteiger partial charge in [-0.1, -0.05) is 6.92 Å². The Morgan fingerprint density at radius 2 is 1.71 bits per heavy atom. The van der Waals surface area contributed by atoms with Gasteiger partial charge in [-0.05, 0) is 30.7 Å². The number of carbonyl (C=O) groups is 1. The van der Waals surface area contributed by atoms with Crippen molar-refractivity contribution in [1.29, 1.82) is 0 Å². The Morgan fingerprint density at radius 1 is 1.03 bits per heavy atom. The average molecular weight is 452 g/mol. The normalized spacial score (nSPS) is 14.0. The van der Waals surface area contributed by atoms with Crippen molar-refractivity contribution >= 4 is 21.8 Å². The van der Waals surface area contributed by atoms with E-state index in [1.807, 2.05) is 6.92 Å². The lowest BCUT2D eigenvalue weighted by molar-refractivity contribution is -0.139. The molecule has 0 aliphatic carbocycles. The quantitative estimate of drug-likeness (QED) is 0.351. The molecule has 3 rings (SSSR count). The van der Waals surface area contributed by atoms with Crippen molar-refractivity contribution in [3.8, 4) is 23.0 Å². The minimum atomic E-state index is -4.20. The SMILES string of the molecule is CCCN1CCN(c2ccc(S(=O)(=O)Oc3cc(OC)c(OC)c(OO)c3)cc2)C1=O. The molecule has 1 aliphatic heterocycles. The summed E-state index contributed by atoms with van der Waals surface area (Å²) in [7, 11) is -1.52. The predicted molar refractivity (Wildman–Crippen MR) is 112 cm³/mol. The number of anilines is 1. The molecule has 0 bridgehead atoms. The Balaban J connectivity index is 1.81. The number of methoxy groups -OCH3 is 2. The molecule has 1 N–H and O–H groups in total. The molecule has 31 heavy (non-hydrogen) atoms. The fourth-order valence-electron chi connectivity index (χ4n) is 3.29. The standard InChI is InChI=1S/C20H24N2O8S/c1-4-9-21-10-11-22(20(21)23)14-5-7-16(8-6-14)31(25,26)30-15-12-17(27-2)19(28-3)18(13-15)29-24/h5-8,12-13,24H,4,9-11H2,1-3H3. The summed E-state index contributed by atoms with van der Waals surface area (Å²) in [4.78, 5) is 19.9. The Bertz CT molecular complexity index is 1010. The molecule has 0 spiro atoms. The molecule has 1 fully saturated rings. The lowest BCUT2D eigenvalue weighted by Gasteiger charge is -2.18. The maximum atomic E-state index is 12.7. The van der Waals surface area contributed by atoms with E-state index in [1.54, 1.807) is 21.9 Å². The van der Waals surface area contributed by atoms with Gasteiger partial charge in [-0.25, -0.2) is 10.1 Å². The van der Waals surface area contributed by atoms with Crippen LogP contribution >= 0.6 is 0 Å². The van der Waals surface area contributed by atoms with Crippen molar-refractivity contribution in [2.75, 3.05) is 38.8 Å². The van der Waals surface area contributed by atoms with Crippen LogP contribution in [0.25, 0.3) is 0 Å². The number of carbonyl (C=O) groups excluding carboxylic acids is 1. The molecule has 1 aliphatic rings. The molecule has 0 radical (unpaired) electrons. The van der Waals surface area contributed by atoms with Crippen LogP contribution < -0.4 is 23.4 Å². The molecule has 2 aromatic carbocycles. The molecule has 0 saturated carbocycles. The van der Waals surface area contributed by atoms with Crippen LogP contribution in [0.15, 0.2) is 41.3 Å². The minimum absolute atomic E-state index is 0.0755. The molecular formula is C20H24N2O8S. The van der Waals surface area contributed by atoms with Crippen LogP contribution in [0.1, 0.15) is 13.3 Å². The van der Waals surface area contributed by atoms with Gasteiger partial charge in [-0.2, -0.15) is 8.42 Å². The van der Waals surface area contributed by atoms with Crippen molar-refractivity contribution in [3.05, 3.63) is 36.4 Å². The number of ether oxygens (including phenoxy) is 2. The lowest BCUT2D eigenvalue weighted by atomic mass is 10.3. The van der Waals surface area contributed by atoms with Gasteiger partial charge < -0.3 is 23.4 Å². The first kappa shape index (κ1) is 22.5. The topological polar surface area (TPSA) is 115 Å². The molecule has 0 aromatic heterocycles. The molecule has 2 amide bonds. The monoisotopic (exact) mass is 452 g/mol. The summed E-state index contributed by atoms with van der Waals surface area (Å²) in [5, 5.41) is 9.04. The zero-order valence-electron chi connectivity index (χ0n) is 17.4. The molecule has 1 heterocycles. The van der Waals surface area contributed by atoms with Crippen LogP contribution in [-0.2, 0) is 10.1 Å². The maximum absolute atomic E-state index is 12.7. The Labute approximate surface area is 180 Å². The van der Waals surface area contributed by atoms with E-state index in [2.05, 4.69) is 4.89 Å². The summed E-state index contributed by atoms with van der Waals surface area (Å²) < 4.78 is 40.8. The minimum Gasteiger partial charge on any atom is -0.493 e. The van der Waals surface area contributed by atoms with E-state index in [9.17, 15) is 13.2 Å². The van der Waals surface area contributed by atoms with Crippen LogP contribution in [0.2, 0.25) is 0 Å². The van der Waals surface area contributed by atoms with Gasteiger partial charge in [0.2, 0.25) is 11.5 Å². The van der Waals surface area contributed by atoms with E-state index in [1.165, 1.54) is 32.4 Å². The molecule has 0 atom stereocenters. The summed E-state index contributed by atoms with van der Waals surface area (Å²) in [5.41, 5.74) is 0.602. The highest BCUT2D eigenvalue weighted by molar-refractivity contribution is 7.87. The molecule has 2 aromatic rings. The van der Waals surface area contributed by atoms with Crippen LogP contribution in [0.4, 0.5) is 10.5 Å². The van der Waals surface area contributed by atoms with Crippen LogP contribution in [0.5, 0.6) is 23.0 Å². The van der Waals surface area contributed by atoms with Gasteiger partial charge in [0.15, 0.2) is 11.5 Å². The van der Waals surface area contributed by atoms with E-state index in [-0.39, 0.29) is 33.9 Å². The van der Waals surface area contributed by atoms with E-state index in [4.69, 9.17) is 18.9 Å². The smallest absolute Gasteiger partial charge is 0.339 e. The van der Waals surface area contributed by atoms with Crippen molar-refractivity contribution in [1.82, 2.24) is 4.90 Å². The van der Waals surface area contributed by atoms with Crippen molar-refractivity contribution in [2.24, 2.45) is 0 Å². The first-order valence-electron chi connectivity index (χ1n) is 9.53. The van der Waals surface area contributed by atoms with Gasteiger partial charge in [0.05, 0.1) is 14.2 Å². The molecule has 10 nitrogen and oxygen atoms in total. The number of amides is 2. The summed E-state index contributed by atoms with van der Waals surface area (Å²) in [6, 6.07) is 8.18. The lowest BCUT2D eigenvalue weighted by Crippen LogP contribution is -2.32. The van der Waals surface area contributed by atoms with Crippen molar-refractivity contribution < 1.29 is 37.0 Å². The second-order valence-corrected chi connectivity index (χ2v) is 8.25. The van der Waals surface area contributed by atoms with E-state index < -0.39 is 10.1 Å². The van der Waals surface area contributed by atoms with Crippen molar-refractivity contribution in [2.45, 2.75) is 18.2 Å². The number of urea groups is 1. The van der Waals surface area contributed by atoms with Gasteiger partial charge >= 0.3 is 16.1 Å². The van der Waals surface area contributed by atoms with Gasteiger partial charge in [0, 0.05) is 37.5 Å². The maximum Gasteiger partial charge on any atom is 0.339 e. The largest absolute Gasteiger partial charge is 0.493 e. The zero-order chi connectivity index (χ0) is 22.6. The fourth-order valence-corrected chi connectivity index (χ4v) is 4.20. The predicted octanol–water partition coefficient (Wildman–Crippen LogP) is 2.98. The first-order chi connectivity index (χ1) is 14.8. The second kappa shape index (κ2) is 9.31. The summed E-state index contributed by atoms with van der Waals surface area (Å²) >= 11 is 0. The van der Waals surface area contributed by atoms with Crippen LogP contribution in [0.3, 0.4) is 0 Å². The van der Waals surface area contributed by atoms with Crippen molar-refractivity contribution in [3.63, 3.8) is 0 Å². The second-order valence-electron chi connectivity index (χ2n) is 6.70. The Kier molecular flexibility index (Phi) is 6.76. The van der Waals surface area contributed by atoms with Crippen LogP contribution in [-0.4, -0.2) is 58.5 Å². The molecular weight excluding hydrogens is 428 g/mol. The van der Waals surface area contributed by atoms with E-state index in [0.717, 1.165) is 12.5 Å². The number of hydrogen-bond acceptors (Lipinski definition) is 8. The molecule has 1 saturated heterocycles.